The van der Waals surface area contributed by atoms with E-state index < -0.39 is 5.97 Å². The molecule has 0 spiro atoms. The predicted octanol–water partition coefficient (Wildman–Crippen LogP) is 2.28. The summed E-state index contributed by atoms with van der Waals surface area (Å²) in [5, 5.41) is 8.93. The van der Waals surface area contributed by atoms with E-state index in [1.165, 1.54) is 0 Å². The van der Waals surface area contributed by atoms with Crippen LogP contribution in [0.3, 0.4) is 0 Å². The van der Waals surface area contributed by atoms with Crippen molar-refractivity contribution in [3.8, 4) is 0 Å². The molecule has 2 rings (SSSR count). The molecule has 0 aromatic heterocycles. The van der Waals surface area contributed by atoms with E-state index >= 15 is 0 Å². The Bertz CT molecular complexity index is 345. The summed E-state index contributed by atoms with van der Waals surface area (Å²) < 4.78 is 0. The number of hydrogen-bond acceptors (Lipinski definition) is 1. The average molecular weight is 199 g/mol. The topological polar surface area (TPSA) is 37.3 Å². The largest absolute Gasteiger partial charge is 0.481 e. The maximum absolute atomic E-state index is 10.9. The summed E-state index contributed by atoms with van der Waals surface area (Å²) in [5.74, 6) is 1.29. The quantitative estimate of drug-likeness (QED) is 0.793. The first-order valence-corrected chi connectivity index (χ1v) is 4.74. The fourth-order valence-electron chi connectivity index (χ4n) is 1.65. The van der Waals surface area contributed by atoms with Gasteiger partial charge in [-0.1, -0.05) is 37.3 Å². The zero-order valence-electron chi connectivity index (χ0n) is 8.40. The third kappa shape index (κ3) is 2.04. The summed E-state index contributed by atoms with van der Waals surface area (Å²) >= 11 is 0. The first-order valence-electron chi connectivity index (χ1n) is 4.74. The lowest BCUT2D eigenvalue weighted by Gasteiger charge is -2.07. The molecular weight excluding hydrogens is 188 g/mol. The lowest BCUT2D eigenvalue weighted by atomic mass is 9.96. The van der Waals surface area contributed by atoms with Crippen molar-refractivity contribution in [2.24, 2.45) is 0 Å². The second kappa shape index (κ2) is 4.05. The zero-order valence-corrected chi connectivity index (χ0v) is 8.40. The van der Waals surface area contributed by atoms with Crippen molar-refractivity contribution in [3.05, 3.63) is 66.5 Å². The van der Waals surface area contributed by atoms with E-state index in [-0.39, 0.29) is 0 Å². The van der Waals surface area contributed by atoms with Gasteiger partial charge in [0.15, 0.2) is 0 Å². The average Bonchev–Trinajstić information content (AvgIpc) is 2.62. The Labute approximate surface area is 89.9 Å². The van der Waals surface area contributed by atoms with E-state index in [0.717, 1.165) is 17.4 Å². The molecule has 1 N–H and O–H groups in total. The number of benzene rings is 1. The van der Waals surface area contributed by atoms with Crippen LogP contribution in [-0.2, 0) is 4.79 Å². The summed E-state index contributed by atoms with van der Waals surface area (Å²) in [5.41, 5.74) is 1.05. The monoisotopic (exact) mass is 199 g/mol. The third-order valence-electron chi connectivity index (χ3n) is 2.43. The number of carboxylic acid groups (broad SMARTS) is 1. The fraction of sp³-hybridized carbons (Fsp3) is 0.0769. The maximum Gasteiger partial charge on any atom is 0.311 e. The van der Waals surface area contributed by atoms with Crippen LogP contribution < -0.4 is 0 Å². The predicted molar refractivity (Wildman–Crippen MR) is 57.2 cm³/mol. The molecule has 1 aliphatic rings. The van der Waals surface area contributed by atoms with E-state index in [2.05, 4.69) is 0 Å². The second-order valence-corrected chi connectivity index (χ2v) is 3.51. The van der Waals surface area contributed by atoms with Gasteiger partial charge < -0.3 is 5.11 Å². The van der Waals surface area contributed by atoms with Gasteiger partial charge in [-0.2, -0.15) is 0 Å². The highest BCUT2D eigenvalue weighted by Gasteiger charge is 2.38. The fourth-order valence-corrected chi connectivity index (χ4v) is 1.65. The molecule has 75 valence electrons. The van der Waals surface area contributed by atoms with Crippen molar-refractivity contribution in [2.45, 2.75) is 6.92 Å². The van der Waals surface area contributed by atoms with Gasteiger partial charge >= 0.3 is 5.97 Å². The van der Waals surface area contributed by atoms with Gasteiger partial charge in [0.1, 0.15) is 0 Å². The Morgan fingerprint density at radius 1 is 1.13 bits per heavy atom. The highest BCUT2D eigenvalue weighted by molar-refractivity contribution is 5.93. The SMILES string of the molecule is C[C]1[CH][C](c2ccccc2)[CH][C]1C(=O)O. The van der Waals surface area contributed by atoms with E-state index in [0.29, 0.717) is 5.92 Å². The van der Waals surface area contributed by atoms with Gasteiger partial charge in [-0.25, -0.2) is 0 Å². The van der Waals surface area contributed by atoms with Crippen LogP contribution in [-0.4, -0.2) is 11.1 Å². The highest BCUT2D eigenvalue weighted by atomic mass is 16.4. The smallest absolute Gasteiger partial charge is 0.311 e. The highest BCUT2D eigenvalue weighted by Crippen LogP contribution is 2.42. The standard InChI is InChI=1S/C13H11O2/c1-9-7-11(8-12(9)13(14)15)10-5-3-2-4-6-10/h2-8H,1H3,(H,14,15). The van der Waals surface area contributed by atoms with E-state index in [1.807, 2.05) is 43.7 Å². The molecule has 0 bridgehead atoms. The second-order valence-electron chi connectivity index (χ2n) is 3.51. The molecule has 5 radical (unpaired) electrons. The van der Waals surface area contributed by atoms with Crippen LogP contribution in [0.4, 0.5) is 0 Å². The molecule has 0 heterocycles. The molecule has 1 fully saturated rings. The zero-order chi connectivity index (χ0) is 10.8. The van der Waals surface area contributed by atoms with Crippen LogP contribution in [0.5, 0.6) is 0 Å². The molecule has 2 nitrogen and oxygen atoms in total. The van der Waals surface area contributed by atoms with Gasteiger partial charge in [0.2, 0.25) is 0 Å². The number of aliphatic carboxylic acids is 1. The number of hydrogen-bond donors (Lipinski definition) is 1. The lowest BCUT2D eigenvalue weighted by Crippen LogP contribution is -2.12. The van der Waals surface area contributed by atoms with Crippen molar-refractivity contribution >= 4 is 5.97 Å². The van der Waals surface area contributed by atoms with Gasteiger partial charge in [-0.3, -0.25) is 4.79 Å². The normalized spacial score (nSPS) is 19.5. The van der Waals surface area contributed by atoms with Gasteiger partial charge in [-0.15, -0.1) is 0 Å². The van der Waals surface area contributed by atoms with Crippen molar-refractivity contribution in [1.82, 2.24) is 0 Å². The van der Waals surface area contributed by atoms with Crippen LogP contribution in [0.15, 0.2) is 30.3 Å². The molecule has 1 aromatic rings. The molecule has 0 unspecified atom stereocenters. The molecule has 0 aliphatic heterocycles. The van der Waals surface area contributed by atoms with Crippen LogP contribution in [0.1, 0.15) is 12.5 Å². The molecule has 1 aliphatic carbocycles. The number of rotatable bonds is 2. The molecule has 2 heteroatoms. The summed E-state index contributed by atoms with van der Waals surface area (Å²) in [6, 6.07) is 9.77. The lowest BCUT2D eigenvalue weighted by molar-refractivity contribution is -0.134. The Kier molecular flexibility index (Phi) is 2.76. The Morgan fingerprint density at radius 2 is 1.80 bits per heavy atom. The van der Waals surface area contributed by atoms with E-state index in [4.69, 9.17) is 5.11 Å². The summed E-state index contributed by atoms with van der Waals surface area (Å²) in [6.45, 7) is 1.82. The summed E-state index contributed by atoms with van der Waals surface area (Å²) in [6.07, 6.45) is 3.62. The minimum Gasteiger partial charge on any atom is -0.481 e. The Morgan fingerprint density at radius 3 is 2.33 bits per heavy atom. The van der Waals surface area contributed by atoms with Gasteiger partial charge in [0.05, 0.1) is 5.92 Å². The molecule has 0 amide bonds. The van der Waals surface area contributed by atoms with Gasteiger partial charge in [0.25, 0.3) is 0 Å². The van der Waals surface area contributed by atoms with Crippen LogP contribution in [0.2, 0.25) is 0 Å². The molecule has 0 saturated heterocycles. The third-order valence-corrected chi connectivity index (χ3v) is 2.43. The first kappa shape index (κ1) is 10.2. The van der Waals surface area contributed by atoms with Crippen LogP contribution in [0, 0.1) is 30.6 Å². The minimum absolute atomic E-state index is 0.383. The molecular formula is C13H11O2. The number of carboxylic acids is 1. The Balaban J connectivity index is 2.13. The minimum atomic E-state index is -0.866. The summed E-state index contributed by atoms with van der Waals surface area (Å²) in [4.78, 5) is 10.9. The van der Waals surface area contributed by atoms with Crippen LogP contribution in [0.25, 0.3) is 0 Å². The molecule has 1 saturated carbocycles. The molecule has 15 heavy (non-hydrogen) atoms. The summed E-state index contributed by atoms with van der Waals surface area (Å²) in [7, 11) is 0. The van der Waals surface area contributed by atoms with Crippen molar-refractivity contribution in [3.63, 3.8) is 0 Å². The first-order chi connectivity index (χ1) is 7.18. The maximum atomic E-state index is 10.9. The molecule has 0 atom stereocenters. The van der Waals surface area contributed by atoms with E-state index in [1.54, 1.807) is 6.42 Å². The molecule has 1 aromatic carbocycles. The van der Waals surface area contributed by atoms with Crippen molar-refractivity contribution in [2.75, 3.05) is 0 Å². The van der Waals surface area contributed by atoms with Gasteiger partial charge in [-0.05, 0) is 24.3 Å². The van der Waals surface area contributed by atoms with Crippen molar-refractivity contribution < 1.29 is 9.90 Å². The van der Waals surface area contributed by atoms with Gasteiger partial charge in [0, 0.05) is 5.92 Å². The van der Waals surface area contributed by atoms with Crippen LogP contribution >= 0.6 is 0 Å². The Hall–Kier alpha value is -1.31. The number of carbonyl (C=O) groups is 1. The van der Waals surface area contributed by atoms with Crippen molar-refractivity contribution in [1.29, 1.82) is 0 Å². The van der Waals surface area contributed by atoms with E-state index in [9.17, 15) is 4.79 Å².